The first-order valence-electron chi connectivity index (χ1n) is 6.89. The Morgan fingerprint density at radius 3 is 2.80 bits per heavy atom. The van der Waals surface area contributed by atoms with Crippen molar-refractivity contribution in [3.8, 4) is 0 Å². The van der Waals surface area contributed by atoms with Crippen LogP contribution in [0.2, 0.25) is 0 Å². The van der Waals surface area contributed by atoms with Gasteiger partial charge in [-0.2, -0.15) is 0 Å². The molecule has 7 heteroatoms. The Labute approximate surface area is 128 Å². The Balaban J connectivity index is 2.25. The Kier molecular flexibility index (Phi) is 5.56. The third kappa shape index (κ3) is 3.21. The highest BCUT2D eigenvalue weighted by atomic mass is 32.2. The molecule has 0 atom stereocenters. The number of thioether (sulfide) groups is 1. The summed E-state index contributed by atoms with van der Waals surface area (Å²) in [5.74, 6) is -0.0500. The molecule has 0 spiro atoms. The predicted molar refractivity (Wildman–Crippen MR) is 88.2 cm³/mol. The average Bonchev–Trinajstić information content (AvgIpc) is 2.82. The monoisotopic (exact) mass is 314 g/mol. The third-order valence-corrected chi connectivity index (χ3v) is 5.45. The van der Waals surface area contributed by atoms with Crippen LogP contribution in [0.5, 0.6) is 0 Å². The van der Waals surface area contributed by atoms with Crippen molar-refractivity contribution in [2.24, 2.45) is 0 Å². The second kappa shape index (κ2) is 7.19. The molecule has 112 valence electrons. The molecule has 20 heavy (non-hydrogen) atoms. The Bertz CT molecular complexity index is 469. The maximum atomic E-state index is 12.2. The second-order valence-electron chi connectivity index (χ2n) is 4.68. The molecule has 2 rings (SSSR count). The summed E-state index contributed by atoms with van der Waals surface area (Å²) in [4.78, 5) is 16.2. The Morgan fingerprint density at radius 2 is 2.20 bits per heavy atom. The van der Waals surface area contributed by atoms with Crippen molar-refractivity contribution >= 4 is 39.7 Å². The number of carbonyl (C=O) groups is 1. The summed E-state index contributed by atoms with van der Waals surface area (Å²) >= 11 is 3.14. The molecular formula is C13H22N4OS2. The minimum atomic E-state index is -0.0500. The lowest BCUT2D eigenvalue weighted by Gasteiger charge is -2.28. The lowest BCUT2D eigenvalue weighted by Crippen LogP contribution is -2.43. The van der Waals surface area contributed by atoms with Gasteiger partial charge in [0.2, 0.25) is 0 Å². The van der Waals surface area contributed by atoms with Crippen molar-refractivity contribution < 1.29 is 4.79 Å². The molecule has 0 aromatic carbocycles. The van der Waals surface area contributed by atoms with Gasteiger partial charge < -0.3 is 21.3 Å². The van der Waals surface area contributed by atoms with Crippen molar-refractivity contribution in [3.63, 3.8) is 0 Å². The highest BCUT2D eigenvalue weighted by Gasteiger charge is 2.24. The SMILES string of the molecule is CCCNC(=O)c1sc(N2CCNCC2)c(SC)c1N. The number of nitrogens with zero attached hydrogens (tertiary/aromatic N) is 1. The van der Waals surface area contributed by atoms with E-state index in [1.807, 2.05) is 13.2 Å². The van der Waals surface area contributed by atoms with Gasteiger partial charge in [-0.3, -0.25) is 4.79 Å². The number of carbonyl (C=O) groups excluding carboxylic acids is 1. The molecular weight excluding hydrogens is 292 g/mol. The fraction of sp³-hybridized carbons (Fsp3) is 0.615. The highest BCUT2D eigenvalue weighted by molar-refractivity contribution is 7.99. The molecule has 0 unspecified atom stereocenters. The molecule has 0 aliphatic carbocycles. The van der Waals surface area contributed by atoms with Crippen molar-refractivity contribution in [1.82, 2.24) is 10.6 Å². The minimum Gasteiger partial charge on any atom is -0.396 e. The number of amides is 1. The standard InChI is InChI=1S/C13H22N4OS2/c1-3-4-16-12(18)10-9(14)11(19-2)13(20-10)17-7-5-15-6-8-17/h15H,3-8,14H2,1-2H3,(H,16,18). The van der Waals surface area contributed by atoms with E-state index in [2.05, 4.69) is 15.5 Å². The zero-order valence-corrected chi connectivity index (χ0v) is 13.6. The van der Waals surface area contributed by atoms with E-state index in [-0.39, 0.29) is 5.91 Å². The third-order valence-electron chi connectivity index (χ3n) is 3.23. The van der Waals surface area contributed by atoms with Gasteiger partial charge in [0.05, 0.1) is 10.6 Å². The molecule has 1 amide bonds. The zero-order chi connectivity index (χ0) is 14.5. The summed E-state index contributed by atoms with van der Waals surface area (Å²) in [6, 6.07) is 0. The number of hydrogen-bond donors (Lipinski definition) is 3. The van der Waals surface area contributed by atoms with E-state index in [4.69, 9.17) is 5.73 Å². The number of hydrogen-bond acceptors (Lipinski definition) is 6. The first kappa shape index (κ1) is 15.5. The summed E-state index contributed by atoms with van der Waals surface area (Å²) < 4.78 is 0. The second-order valence-corrected chi connectivity index (χ2v) is 6.49. The normalized spacial score (nSPS) is 15.4. The van der Waals surface area contributed by atoms with E-state index in [1.165, 1.54) is 11.3 Å². The predicted octanol–water partition coefficient (Wildman–Crippen LogP) is 1.60. The topological polar surface area (TPSA) is 70.4 Å². The smallest absolute Gasteiger partial charge is 0.263 e. The summed E-state index contributed by atoms with van der Waals surface area (Å²) in [5.41, 5.74) is 6.81. The van der Waals surface area contributed by atoms with Crippen LogP contribution in [0.4, 0.5) is 10.7 Å². The average molecular weight is 314 g/mol. The molecule has 5 nitrogen and oxygen atoms in total. The minimum absolute atomic E-state index is 0.0500. The van der Waals surface area contributed by atoms with Crippen molar-refractivity contribution in [3.05, 3.63) is 4.88 Å². The van der Waals surface area contributed by atoms with Crippen LogP contribution in [0, 0.1) is 0 Å². The highest BCUT2D eigenvalue weighted by Crippen LogP contribution is 2.43. The van der Waals surface area contributed by atoms with Crippen LogP contribution in [0.25, 0.3) is 0 Å². The molecule has 2 heterocycles. The maximum absolute atomic E-state index is 12.2. The quantitative estimate of drug-likeness (QED) is 0.720. The van der Waals surface area contributed by atoms with Crippen LogP contribution in [0.3, 0.4) is 0 Å². The molecule has 0 radical (unpaired) electrons. The molecule has 1 aliphatic heterocycles. The van der Waals surface area contributed by atoms with E-state index in [0.29, 0.717) is 17.1 Å². The summed E-state index contributed by atoms with van der Waals surface area (Å²) in [7, 11) is 0. The fourth-order valence-electron chi connectivity index (χ4n) is 2.18. The van der Waals surface area contributed by atoms with Crippen molar-refractivity contribution in [2.75, 3.05) is 49.6 Å². The summed E-state index contributed by atoms with van der Waals surface area (Å²) in [5, 5.41) is 7.39. The van der Waals surface area contributed by atoms with Crippen molar-refractivity contribution in [2.45, 2.75) is 18.2 Å². The molecule has 1 aromatic heterocycles. The Morgan fingerprint density at radius 1 is 1.50 bits per heavy atom. The van der Waals surface area contributed by atoms with E-state index in [0.717, 1.165) is 42.5 Å². The summed E-state index contributed by atoms with van der Waals surface area (Å²) in [6.07, 6.45) is 2.94. The first-order chi connectivity index (χ1) is 9.69. The van der Waals surface area contributed by atoms with Gasteiger partial charge in [-0.1, -0.05) is 6.92 Å². The number of nitrogens with two attached hydrogens (primary N) is 1. The Hall–Kier alpha value is -0.920. The zero-order valence-electron chi connectivity index (χ0n) is 12.0. The molecule has 1 aliphatic rings. The van der Waals surface area contributed by atoms with Crippen LogP contribution in [0.15, 0.2) is 4.90 Å². The number of piperazine rings is 1. The largest absolute Gasteiger partial charge is 0.396 e. The number of anilines is 2. The van der Waals surface area contributed by atoms with Gasteiger partial charge in [-0.05, 0) is 12.7 Å². The van der Waals surface area contributed by atoms with Gasteiger partial charge >= 0.3 is 0 Å². The van der Waals surface area contributed by atoms with Gasteiger partial charge in [-0.25, -0.2) is 0 Å². The van der Waals surface area contributed by atoms with Crippen LogP contribution >= 0.6 is 23.1 Å². The molecule has 0 bridgehead atoms. The van der Waals surface area contributed by atoms with Gasteiger partial charge in [0.25, 0.3) is 5.91 Å². The fourth-order valence-corrected chi connectivity index (χ4v) is 4.33. The molecule has 1 fully saturated rings. The number of nitrogens with one attached hydrogen (secondary N) is 2. The number of nitrogen functional groups attached to an aromatic ring is 1. The summed E-state index contributed by atoms with van der Waals surface area (Å²) in [6.45, 7) is 6.60. The van der Waals surface area contributed by atoms with Crippen LogP contribution in [-0.4, -0.2) is 44.9 Å². The van der Waals surface area contributed by atoms with Gasteiger partial charge in [0, 0.05) is 32.7 Å². The van der Waals surface area contributed by atoms with Gasteiger partial charge in [0.15, 0.2) is 0 Å². The van der Waals surface area contributed by atoms with Crippen LogP contribution < -0.4 is 21.3 Å². The molecule has 4 N–H and O–H groups in total. The van der Waals surface area contributed by atoms with Gasteiger partial charge in [-0.15, -0.1) is 23.1 Å². The maximum Gasteiger partial charge on any atom is 0.263 e. The van der Waals surface area contributed by atoms with E-state index in [9.17, 15) is 4.79 Å². The molecule has 1 aromatic rings. The van der Waals surface area contributed by atoms with Crippen LogP contribution in [0.1, 0.15) is 23.0 Å². The van der Waals surface area contributed by atoms with E-state index >= 15 is 0 Å². The lowest BCUT2D eigenvalue weighted by atomic mass is 10.3. The van der Waals surface area contributed by atoms with E-state index < -0.39 is 0 Å². The lowest BCUT2D eigenvalue weighted by molar-refractivity contribution is 0.0958. The van der Waals surface area contributed by atoms with E-state index in [1.54, 1.807) is 11.8 Å². The molecule has 0 saturated carbocycles. The number of rotatable bonds is 5. The van der Waals surface area contributed by atoms with Crippen molar-refractivity contribution in [1.29, 1.82) is 0 Å². The van der Waals surface area contributed by atoms with Crippen LogP contribution in [-0.2, 0) is 0 Å². The number of thiophene rings is 1. The van der Waals surface area contributed by atoms with Gasteiger partial charge in [0.1, 0.15) is 9.88 Å². The first-order valence-corrected chi connectivity index (χ1v) is 8.93. The molecule has 1 saturated heterocycles.